The van der Waals surface area contributed by atoms with Crippen LogP contribution in [0.2, 0.25) is 0 Å². The number of epoxide rings is 1. The minimum Gasteiger partial charge on any atom is -0.373 e. The van der Waals surface area contributed by atoms with Crippen molar-refractivity contribution in [3.8, 4) is 0 Å². The highest BCUT2D eigenvalue weighted by molar-refractivity contribution is 5.41. The molecule has 2 heterocycles. The Hall–Kier alpha value is -1.36. The number of anilines is 1. The molecule has 0 saturated carbocycles. The van der Waals surface area contributed by atoms with E-state index in [1.165, 1.54) is 4.68 Å². The smallest absolute Gasteiger partial charge is 0.268 e. The van der Waals surface area contributed by atoms with Crippen molar-refractivity contribution in [2.24, 2.45) is 0 Å². The molecule has 0 aromatic carbocycles. The Morgan fingerprint density at radius 2 is 2.47 bits per heavy atom. The predicted octanol–water partition coefficient (Wildman–Crippen LogP) is 0.0982. The summed E-state index contributed by atoms with van der Waals surface area (Å²) in [5.41, 5.74) is 0.791. The second-order valence-corrected chi connectivity index (χ2v) is 3.70. The number of hydrogen-bond acceptors (Lipinski definition) is 4. The maximum absolute atomic E-state index is 11.6. The quantitative estimate of drug-likeness (QED) is 0.660. The van der Waals surface area contributed by atoms with Gasteiger partial charge < -0.3 is 9.64 Å². The first-order chi connectivity index (χ1) is 7.20. The summed E-state index contributed by atoms with van der Waals surface area (Å²) < 4.78 is 6.51. The van der Waals surface area contributed by atoms with Crippen molar-refractivity contribution in [3.05, 3.63) is 22.6 Å². The van der Waals surface area contributed by atoms with Gasteiger partial charge in [-0.05, 0) is 6.92 Å². The Morgan fingerprint density at radius 3 is 3.00 bits per heavy atom. The molecule has 1 fully saturated rings. The first-order valence-electron chi connectivity index (χ1n) is 5.10. The van der Waals surface area contributed by atoms with E-state index in [2.05, 4.69) is 5.10 Å². The molecule has 1 aliphatic heterocycles. The van der Waals surface area contributed by atoms with E-state index in [1.807, 2.05) is 18.9 Å². The van der Waals surface area contributed by atoms with Gasteiger partial charge in [-0.3, -0.25) is 4.79 Å². The van der Waals surface area contributed by atoms with Crippen LogP contribution in [0.4, 0.5) is 5.69 Å². The first kappa shape index (κ1) is 10.2. The zero-order chi connectivity index (χ0) is 10.8. The fraction of sp³-hybridized carbons (Fsp3) is 0.600. The van der Waals surface area contributed by atoms with Crippen LogP contribution in [0, 0.1) is 0 Å². The molecule has 1 aromatic rings. The molecule has 1 aromatic heterocycles. The van der Waals surface area contributed by atoms with Gasteiger partial charge >= 0.3 is 0 Å². The van der Waals surface area contributed by atoms with Gasteiger partial charge in [-0.1, -0.05) is 0 Å². The Labute approximate surface area is 88.3 Å². The van der Waals surface area contributed by atoms with E-state index in [9.17, 15) is 4.79 Å². The van der Waals surface area contributed by atoms with Crippen LogP contribution in [0.15, 0.2) is 17.1 Å². The Kier molecular flexibility index (Phi) is 2.73. The monoisotopic (exact) mass is 209 g/mol. The number of rotatable bonds is 4. The molecule has 0 bridgehead atoms. The molecule has 1 unspecified atom stereocenters. The third kappa shape index (κ3) is 2.36. The van der Waals surface area contributed by atoms with Crippen LogP contribution in [0.5, 0.6) is 0 Å². The second-order valence-electron chi connectivity index (χ2n) is 3.70. The largest absolute Gasteiger partial charge is 0.373 e. The summed E-state index contributed by atoms with van der Waals surface area (Å²) in [5, 5.41) is 4.11. The summed E-state index contributed by atoms with van der Waals surface area (Å²) in [4.78, 5) is 13.6. The Balaban J connectivity index is 2.17. The molecule has 0 N–H and O–H groups in total. The van der Waals surface area contributed by atoms with Crippen LogP contribution >= 0.6 is 0 Å². The highest BCUT2D eigenvalue weighted by Gasteiger charge is 2.23. The van der Waals surface area contributed by atoms with Crippen molar-refractivity contribution in [2.45, 2.75) is 19.6 Å². The molecule has 5 heteroatoms. The molecule has 0 amide bonds. The van der Waals surface area contributed by atoms with E-state index in [0.717, 1.165) is 18.8 Å². The molecule has 1 aliphatic rings. The van der Waals surface area contributed by atoms with E-state index in [1.54, 1.807) is 12.3 Å². The van der Waals surface area contributed by atoms with Crippen molar-refractivity contribution in [1.82, 2.24) is 9.78 Å². The SMILES string of the molecule is CCN(C)c1cnn(CC2CO2)c(=O)c1. The molecule has 0 spiro atoms. The summed E-state index contributed by atoms with van der Waals surface area (Å²) in [6.07, 6.45) is 1.90. The van der Waals surface area contributed by atoms with Crippen LogP contribution in [-0.2, 0) is 11.3 Å². The van der Waals surface area contributed by atoms with E-state index in [0.29, 0.717) is 6.54 Å². The van der Waals surface area contributed by atoms with E-state index in [-0.39, 0.29) is 11.7 Å². The van der Waals surface area contributed by atoms with Gasteiger partial charge in [0.2, 0.25) is 0 Å². The summed E-state index contributed by atoms with van der Waals surface area (Å²) in [5.74, 6) is 0. The van der Waals surface area contributed by atoms with Gasteiger partial charge in [-0.2, -0.15) is 5.10 Å². The van der Waals surface area contributed by atoms with E-state index < -0.39 is 0 Å². The topological polar surface area (TPSA) is 50.7 Å². The van der Waals surface area contributed by atoms with Gasteiger partial charge in [0.1, 0.15) is 6.10 Å². The molecule has 5 nitrogen and oxygen atoms in total. The summed E-state index contributed by atoms with van der Waals surface area (Å²) in [7, 11) is 1.94. The summed E-state index contributed by atoms with van der Waals surface area (Å²) in [6.45, 7) is 4.19. The average molecular weight is 209 g/mol. The molecule has 0 aliphatic carbocycles. The van der Waals surface area contributed by atoms with Gasteiger partial charge in [-0.15, -0.1) is 0 Å². The molecule has 82 valence electrons. The van der Waals surface area contributed by atoms with E-state index in [4.69, 9.17) is 4.74 Å². The van der Waals surface area contributed by atoms with Crippen LogP contribution < -0.4 is 10.5 Å². The molecule has 1 atom stereocenters. The Morgan fingerprint density at radius 1 is 1.73 bits per heavy atom. The van der Waals surface area contributed by atoms with Crippen molar-refractivity contribution >= 4 is 5.69 Å². The number of aromatic nitrogens is 2. The lowest BCUT2D eigenvalue weighted by Crippen LogP contribution is -2.27. The molecular formula is C10H15N3O2. The van der Waals surface area contributed by atoms with Crippen molar-refractivity contribution < 1.29 is 4.74 Å². The third-order valence-corrected chi connectivity index (χ3v) is 2.55. The number of nitrogens with zero attached hydrogens (tertiary/aromatic N) is 3. The van der Waals surface area contributed by atoms with Gasteiger partial charge in [0, 0.05) is 19.7 Å². The van der Waals surface area contributed by atoms with Crippen molar-refractivity contribution in [2.75, 3.05) is 25.1 Å². The predicted molar refractivity (Wildman–Crippen MR) is 57.2 cm³/mol. The van der Waals surface area contributed by atoms with Crippen LogP contribution in [0.3, 0.4) is 0 Å². The molecule has 2 rings (SSSR count). The molecule has 15 heavy (non-hydrogen) atoms. The van der Waals surface area contributed by atoms with Gasteiger partial charge in [0.25, 0.3) is 5.56 Å². The molecular weight excluding hydrogens is 194 g/mol. The standard InChI is InChI=1S/C10H15N3O2/c1-3-12(2)8-4-10(14)13(11-5-8)6-9-7-15-9/h4-5,9H,3,6-7H2,1-2H3. The first-order valence-corrected chi connectivity index (χ1v) is 5.10. The third-order valence-electron chi connectivity index (χ3n) is 2.55. The van der Waals surface area contributed by atoms with Crippen LogP contribution in [0.25, 0.3) is 0 Å². The normalized spacial score (nSPS) is 18.9. The lowest BCUT2D eigenvalue weighted by molar-refractivity contribution is 0.368. The maximum atomic E-state index is 11.6. The van der Waals surface area contributed by atoms with E-state index >= 15 is 0 Å². The minimum atomic E-state index is -0.0664. The second kappa shape index (κ2) is 4.02. The van der Waals surface area contributed by atoms with Gasteiger partial charge in [-0.25, -0.2) is 4.68 Å². The maximum Gasteiger partial charge on any atom is 0.268 e. The highest BCUT2D eigenvalue weighted by Crippen LogP contribution is 2.11. The van der Waals surface area contributed by atoms with Crippen LogP contribution in [-0.4, -0.2) is 36.1 Å². The van der Waals surface area contributed by atoms with Gasteiger partial charge in [0.05, 0.1) is 25.0 Å². The van der Waals surface area contributed by atoms with Crippen molar-refractivity contribution in [3.63, 3.8) is 0 Å². The number of ether oxygens (including phenoxy) is 1. The zero-order valence-electron chi connectivity index (χ0n) is 9.01. The summed E-state index contributed by atoms with van der Waals surface area (Å²) in [6, 6.07) is 1.61. The molecule has 1 saturated heterocycles. The summed E-state index contributed by atoms with van der Waals surface area (Å²) >= 11 is 0. The average Bonchev–Trinajstić information content (AvgIpc) is 3.04. The number of hydrogen-bond donors (Lipinski definition) is 0. The lowest BCUT2D eigenvalue weighted by Gasteiger charge is -2.16. The minimum absolute atomic E-state index is 0.0664. The highest BCUT2D eigenvalue weighted by atomic mass is 16.6. The van der Waals surface area contributed by atoms with Crippen LogP contribution in [0.1, 0.15) is 6.92 Å². The zero-order valence-corrected chi connectivity index (χ0v) is 9.01. The Bertz CT molecular complexity index is 398. The fourth-order valence-electron chi connectivity index (χ4n) is 1.32. The van der Waals surface area contributed by atoms with Crippen molar-refractivity contribution in [1.29, 1.82) is 0 Å². The fourth-order valence-corrected chi connectivity index (χ4v) is 1.32. The van der Waals surface area contributed by atoms with Gasteiger partial charge in [0.15, 0.2) is 0 Å². The molecule has 0 radical (unpaired) electrons. The lowest BCUT2D eigenvalue weighted by atomic mass is 10.4.